The number of ether oxygens (including phenoxy) is 1. The number of imidazole rings is 1. The Morgan fingerprint density at radius 1 is 1.35 bits per heavy atom. The van der Waals surface area contributed by atoms with Crippen LogP contribution in [0.15, 0.2) is 18.3 Å². The van der Waals surface area contributed by atoms with Crippen molar-refractivity contribution in [2.75, 3.05) is 13.2 Å². The second-order valence-electron chi connectivity index (χ2n) is 5.04. The number of hydrogen-bond acceptors (Lipinski definition) is 3. The highest BCUT2D eigenvalue weighted by molar-refractivity contribution is 7.71. The van der Waals surface area contributed by atoms with Crippen LogP contribution in [0.3, 0.4) is 0 Å². The lowest BCUT2D eigenvalue weighted by molar-refractivity contribution is 0.210. The number of rotatable bonds is 3. The van der Waals surface area contributed by atoms with Gasteiger partial charge in [0, 0.05) is 36.4 Å². The number of nitrogens with two attached hydrogens (primary N) is 1. The highest BCUT2D eigenvalue weighted by Gasteiger charge is 2.26. The molecule has 4 nitrogen and oxygen atoms in total. The Morgan fingerprint density at radius 2 is 2.09 bits per heavy atom. The summed E-state index contributed by atoms with van der Waals surface area (Å²) in [6.45, 7) is 0.791. The first-order valence-electron chi connectivity index (χ1n) is 6.69. The van der Waals surface area contributed by atoms with Crippen LogP contribution in [0.4, 0.5) is 8.78 Å². The lowest BCUT2D eigenvalue weighted by atomic mass is 10.0. The summed E-state index contributed by atoms with van der Waals surface area (Å²) in [4.78, 5) is 2.98. The zero-order valence-corrected chi connectivity index (χ0v) is 14.5. The van der Waals surface area contributed by atoms with E-state index in [0.717, 1.165) is 11.8 Å². The molecule has 1 aliphatic heterocycles. The summed E-state index contributed by atoms with van der Waals surface area (Å²) >= 11 is 5.28. The molecule has 128 valence electrons. The van der Waals surface area contributed by atoms with Crippen molar-refractivity contribution in [3.05, 3.63) is 46.0 Å². The third kappa shape index (κ3) is 3.85. The van der Waals surface area contributed by atoms with Crippen LogP contribution in [0.1, 0.15) is 17.3 Å². The summed E-state index contributed by atoms with van der Waals surface area (Å²) in [7, 11) is 0. The minimum Gasteiger partial charge on any atom is -0.488 e. The van der Waals surface area contributed by atoms with Crippen molar-refractivity contribution in [1.82, 2.24) is 9.55 Å². The van der Waals surface area contributed by atoms with Crippen molar-refractivity contribution >= 4 is 37.0 Å². The van der Waals surface area contributed by atoms with E-state index >= 15 is 0 Å². The van der Waals surface area contributed by atoms with Gasteiger partial charge in [-0.05, 0) is 24.8 Å². The number of aromatic nitrogens is 2. The van der Waals surface area contributed by atoms with Crippen molar-refractivity contribution < 1.29 is 13.5 Å². The van der Waals surface area contributed by atoms with Gasteiger partial charge in [-0.2, -0.15) is 0 Å². The molecule has 0 fully saturated rings. The van der Waals surface area contributed by atoms with Crippen LogP contribution in [0.2, 0.25) is 0 Å². The van der Waals surface area contributed by atoms with Crippen LogP contribution in [0, 0.1) is 16.4 Å². The minimum absolute atomic E-state index is 0. The summed E-state index contributed by atoms with van der Waals surface area (Å²) in [5.74, 6) is -1.13. The van der Waals surface area contributed by atoms with Crippen molar-refractivity contribution in [2.24, 2.45) is 5.73 Å². The fourth-order valence-corrected chi connectivity index (χ4v) is 3.07. The Bertz CT molecular complexity index is 735. The molecule has 0 radical (unpaired) electrons. The summed E-state index contributed by atoms with van der Waals surface area (Å²) in [5.41, 5.74) is 7.08. The molecular weight excluding hydrogens is 367 g/mol. The predicted octanol–water partition coefficient (Wildman–Crippen LogP) is 3.34. The molecule has 1 aliphatic rings. The molecule has 2 aromatic rings. The molecule has 1 aromatic carbocycles. The molecule has 0 unspecified atom stereocenters. The number of nitrogens with zero attached hydrogens (tertiary/aromatic N) is 1. The van der Waals surface area contributed by atoms with Crippen LogP contribution in [-0.2, 0) is 12.8 Å². The quantitative estimate of drug-likeness (QED) is 0.799. The average Bonchev–Trinajstić information content (AvgIpc) is 2.79. The highest BCUT2D eigenvalue weighted by Crippen LogP contribution is 2.33. The molecule has 0 amide bonds. The van der Waals surface area contributed by atoms with Crippen molar-refractivity contribution in [3.63, 3.8) is 0 Å². The fraction of sp³-hybridized carbons (Fsp3) is 0.357. The van der Waals surface area contributed by atoms with E-state index in [0.29, 0.717) is 36.3 Å². The van der Waals surface area contributed by atoms with Crippen LogP contribution in [0.25, 0.3) is 0 Å². The molecule has 0 saturated heterocycles. The van der Waals surface area contributed by atoms with Gasteiger partial charge in [0.15, 0.2) is 16.3 Å². The molecule has 0 bridgehead atoms. The Hall–Kier alpha value is -1.15. The van der Waals surface area contributed by atoms with E-state index in [1.807, 2.05) is 10.8 Å². The van der Waals surface area contributed by atoms with Crippen LogP contribution < -0.4 is 10.5 Å². The Labute approximate surface area is 149 Å². The molecule has 3 N–H and O–H groups in total. The van der Waals surface area contributed by atoms with E-state index < -0.39 is 11.6 Å². The Balaban J connectivity index is 0.00000132. The maximum Gasteiger partial charge on any atom is 0.177 e. The monoisotopic (exact) mass is 383 g/mol. The molecule has 1 atom stereocenters. The van der Waals surface area contributed by atoms with Gasteiger partial charge in [0.1, 0.15) is 12.4 Å². The second kappa shape index (κ2) is 8.10. The SMILES string of the molecule is Cl.Cl.NCCc1c[nH]c(=S)n1[C@H]1COc2c(F)cc(F)cc2C1. The molecule has 3 rings (SSSR count). The number of hydrogen-bond donors (Lipinski definition) is 2. The van der Waals surface area contributed by atoms with E-state index in [4.69, 9.17) is 22.7 Å². The van der Waals surface area contributed by atoms with Crippen molar-refractivity contribution in [1.29, 1.82) is 0 Å². The highest BCUT2D eigenvalue weighted by atomic mass is 35.5. The molecule has 23 heavy (non-hydrogen) atoms. The number of halogens is 4. The summed E-state index contributed by atoms with van der Waals surface area (Å²) < 4.78 is 35.0. The van der Waals surface area contributed by atoms with Gasteiger partial charge in [-0.25, -0.2) is 8.78 Å². The van der Waals surface area contributed by atoms with Crippen LogP contribution in [-0.4, -0.2) is 22.7 Å². The molecule has 0 aliphatic carbocycles. The normalized spacial score (nSPS) is 15.9. The third-order valence-corrected chi connectivity index (χ3v) is 3.93. The smallest absolute Gasteiger partial charge is 0.177 e. The average molecular weight is 384 g/mol. The van der Waals surface area contributed by atoms with Gasteiger partial charge in [-0.15, -0.1) is 24.8 Å². The van der Waals surface area contributed by atoms with Gasteiger partial charge >= 0.3 is 0 Å². The topological polar surface area (TPSA) is 56.0 Å². The summed E-state index contributed by atoms with van der Waals surface area (Å²) in [5, 5.41) is 0. The van der Waals surface area contributed by atoms with E-state index in [-0.39, 0.29) is 36.6 Å². The lowest BCUT2D eigenvalue weighted by Gasteiger charge is -2.27. The Morgan fingerprint density at radius 3 is 2.78 bits per heavy atom. The van der Waals surface area contributed by atoms with Gasteiger partial charge < -0.3 is 20.0 Å². The molecule has 2 heterocycles. The largest absolute Gasteiger partial charge is 0.488 e. The van der Waals surface area contributed by atoms with Crippen LogP contribution >= 0.6 is 37.0 Å². The Kier molecular flexibility index (Phi) is 7.01. The van der Waals surface area contributed by atoms with Crippen molar-refractivity contribution in [2.45, 2.75) is 18.9 Å². The summed E-state index contributed by atoms with van der Waals surface area (Å²) in [6.07, 6.45) is 2.96. The van der Waals surface area contributed by atoms with E-state index in [2.05, 4.69) is 4.98 Å². The fourth-order valence-electron chi connectivity index (χ4n) is 2.74. The third-order valence-electron chi connectivity index (χ3n) is 3.62. The van der Waals surface area contributed by atoms with E-state index in [9.17, 15) is 8.78 Å². The van der Waals surface area contributed by atoms with Crippen molar-refractivity contribution in [3.8, 4) is 5.75 Å². The molecule has 0 saturated carbocycles. The molecule has 1 aromatic heterocycles. The second-order valence-corrected chi connectivity index (χ2v) is 5.43. The number of aromatic amines is 1. The zero-order valence-electron chi connectivity index (χ0n) is 12.1. The van der Waals surface area contributed by atoms with Gasteiger partial charge in [0.25, 0.3) is 0 Å². The first-order valence-corrected chi connectivity index (χ1v) is 7.10. The standard InChI is InChI=1S/C14H15F2N3OS.2ClH/c15-9-3-8-4-11(7-20-13(8)12(16)5-9)19-10(1-2-17)6-18-14(19)21;;/h3,5-6,11H,1-2,4,7,17H2,(H,18,21);2*1H/t11-;;/m1../s1. The number of benzene rings is 1. The predicted molar refractivity (Wildman–Crippen MR) is 91.5 cm³/mol. The first-order chi connectivity index (χ1) is 10.1. The minimum atomic E-state index is -0.664. The van der Waals surface area contributed by atoms with Gasteiger partial charge in [-0.1, -0.05) is 0 Å². The maximum atomic E-state index is 13.7. The molecule has 9 heteroatoms. The van der Waals surface area contributed by atoms with E-state index in [1.54, 1.807) is 0 Å². The summed E-state index contributed by atoms with van der Waals surface area (Å²) in [6, 6.07) is 2.05. The van der Waals surface area contributed by atoms with Gasteiger partial charge in [0.05, 0.1) is 6.04 Å². The lowest BCUT2D eigenvalue weighted by Crippen LogP contribution is -2.27. The molecule has 0 spiro atoms. The zero-order chi connectivity index (χ0) is 15.0. The maximum absolute atomic E-state index is 13.7. The van der Waals surface area contributed by atoms with Crippen LogP contribution in [0.5, 0.6) is 5.75 Å². The molecular formula is C14H17Cl2F2N3OS. The number of fused-ring (bicyclic) bond motifs is 1. The van der Waals surface area contributed by atoms with E-state index in [1.165, 1.54) is 6.07 Å². The first kappa shape index (κ1) is 19.9. The number of H-pyrrole nitrogens is 1. The van der Waals surface area contributed by atoms with Gasteiger partial charge in [0.2, 0.25) is 0 Å². The number of nitrogens with one attached hydrogen (secondary N) is 1. The van der Waals surface area contributed by atoms with Gasteiger partial charge in [-0.3, -0.25) is 0 Å².